The van der Waals surface area contributed by atoms with Crippen LogP contribution in [-0.2, 0) is 23.8 Å². The van der Waals surface area contributed by atoms with Crippen molar-refractivity contribution in [3.8, 4) is 0 Å². The molecule has 0 saturated heterocycles. The smallest absolute Gasteiger partial charge is 0.435 e. The highest BCUT2D eigenvalue weighted by atomic mass is 19.4. The molecule has 1 heterocycles. The number of amides is 1. The number of nitrogens with zero attached hydrogens (tertiary/aromatic N) is 2. The first kappa shape index (κ1) is 23.8. The molecule has 0 bridgehead atoms. The molecule has 1 unspecified atom stereocenters. The highest BCUT2D eigenvalue weighted by molar-refractivity contribution is 5.97. The van der Waals surface area contributed by atoms with Crippen LogP contribution < -0.4 is 5.32 Å². The molecule has 1 atom stereocenters. The first-order valence-corrected chi connectivity index (χ1v) is 9.49. The quantitative estimate of drug-likeness (QED) is 0.518. The summed E-state index contributed by atoms with van der Waals surface area (Å²) >= 11 is 0. The summed E-state index contributed by atoms with van der Waals surface area (Å²) in [6, 6.07) is 7.24. The van der Waals surface area contributed by atoms with Gasteiger partial charge in [-0.1, -0.05) is 30.3 Å². The predicted octanol–water partition coefficient (Wildman–Crippen LogP) is 3.79. The number of carbonyl (C=O) groups excluding carboxylic acids is 1. The number of carboxylic acid groups (broad SMARTS) is 1. The predicted molar refractivity (Wildman–Crippen MR) is 105 cm³/mol. The number of carboxylic acids is 1. The van der Waals surface area contributed by atoms with Gasteiger partial charge in [0.2, 0.25) is 0 Å². The summed E-state index contributed by atoms with van der Waals surface area (Å²) < 4.78 is 67.1. The van der Waals surface area contributed by atoms with Gasteiger partial charge < -0.3 is 10.4 Å². The second-order valence-corrected chi connectivity index (χ2v) is 7.01. The summed E-state index contributed by atoms with van der Waals surface area (Å²) in [6.07, 6.45) is -3.13. The van der Waals surface area contributed by atoms with Crippen LogP contribution >= 0.6 is 0 Å². The Morgan fingerprint density at radius 2 is 1.58 bits per heavy atom. The summed E-state index contributed by atoms with van der Waals surface area (Å²) in [6.45, 7) is 0. The molecule has 0 saturated carbocycles. The Hall–Kier alpha value is -3.89. The molecule has 0 aliphatic carbocycles. The van der Waals surface area contributed by atoms with Crippen molar-refractivity contribution in [2.75, 3.05) is 0 Å². The number of alkyl halides is 3. The summed E-state index contributed by atoms with van der Waals surface area (Å²) in [4.78, 5) is 31.0. The Kier molecular flexibility index (Phi) is 7.00. The van der Waals surface area contributed by atoms with Crippen molar-refractivity contribution in [3.05, 3.63) is 94.6 Å². The number of aromatic nitrogens is 2. The van der Waals surface area contributed by atoms with Gasteiger partial charge in [0, 0.05) is 25.2 Å². The Morgan fingerprint density at radius 3 is 2.21 bits per heavy atom. The van der Waals surface area contributed by atoms with Crippen molar-refractivity contribution < 1.29 is 36.6 Å². The molecule has 0 fully saturated rings. The van der Waals surface area contributed by atoms with Gasteiger partial charge in [-0.05, 0) is 23.3 Å². The fraction of sp³-hybridized carbons (Fsp3) is 0.182. The van der Waals surface area contributed by atoms with Gasteiger partial charge in [0.05, 0.1) is 5.69 Å². The third kappa shape index (κ3) is 5.88. The number of carbonyl (C=O) groups is 2. The summed E-state index contributed by atoms with van der Waals surface area (Å²) in [5.74, 6) is -5.01. The summed E-state index contributed by atoms with van der Waals surface area (Å²) in [7, 11) is 0. The molecule has 3 rings (SSSR count). The topological polar surface area (TPSA) is 92.2 Å². The van der Waals surface area contributed by atoms with Gasteiger partial charge in [-0.15, -0.1) is 0 Å². The largest absolute Gasteiger partial charge is 0.480 e. The molecule has 1 aromatic heterocycles. The van der Waals surface area contributed by atoms with Crippen LogP contribution in [0.25, 0.3) is 0 Å². The van der Waals surface area contributed by atoms with E-state index >= 15 is 0 Å². The molecule has 0 aliphatic rings. The lowest BCUT2D eigenvalue weighted by atomic mass is 10.00. The maximum absolute atomic E-state index is 13.8. The van der Waals surface area contributed by atoms with Crippen LogP contribution in [0.4, 0.5) is 22.0 Å². The van der Waals surface area contributed by atoms with Crippen molar-refractivity contribution >= 4 is 11.9 Å². The average molecular weight is 465 g/mol. The van der Waals surface area contributed by atoms with Crippen molar-refractivity contribution in [3.63, 3.8) is 0 Å². The molecule has 33 heavy (non-hydrogen) atoms. The number of nitrogens with one attached hydrogen (secondary N) is 1. The molecule has 1 amide bonds. The molecule has 172 valence electrons. The number of benzene rings is 2. The maximum atomic E-state index is 13.8. The normalized spacial score (nSPS) is 12.3. The van der Waals surface area contributed by atoms with Crippen molar-refractivity contribution in [2.24, 2.45) is 0 Å². The zero-order valence-electron chi connectivity index (χ0n) is 16.7. The van der Waals surface area contributed by atoms with Gasteiger partial charge in [0.25, 0.3) is 5.91 Å². The highest BCUT2D eigenvalue weighted by Crippen LogP contribution is 2.30. The minimum Gasteiger partial charge on any atom is -0.480 e. The molecule has 6 nitrogen and oxygen atoms in total. The van der Waals surface area contributed by atoms with Crippen LogP contribution in [0.2, 0.25) is 0 Å². The Bertz CT molecular complexity index is 1160. The van der Waals surface area contributed by atoms with Gasteiger partial charge in [0.1, 0.15) is 23.2 Å². The molecule has 11 heteroatoms. The fourth-order valence-corrected chi connectivity index (χ4v) is 3.17. The lowest BCUT2D eigenvalue weighted by Gasteiger charge is -2.16. The highest BCUT2D eigenvalue weighted by Gasteiger charge is 2.35. The van der Waals surface area contributed by atoms with Gasteiger partial charge in [-0.25, -0.2) is 18.6 Å². The van der Waals surface area contributed by atoms with Crippen LogP contribution in [-0.4, -0.2) is 33.0 Å². The second-order valence-electron chi connectivity index (χ2n) is 7.01. The molecule has 3 aromatic rings. The minimum atomic E-state index is -4.69. The zero-order valence-corrected chi connectivity index (χ0v) is 16.7. The van der Waals surface area contributed by atoms with E-state index in [-0.39, 0.29) is 18.5 Å². The Balaban J connectivity index is 1.79. The van der Waals surface area contributed by atoms with Gasteiger partial charge >= 0.3 is 12.1 Å². The lowest BCUT2D eigenvalue weighted by molar-refractivity contribution is -0.142. The number of halogens is 5. The summed E-state index contributed by atoms with van der Waals surface area (Å²) in [5.41, 5.74) is -1.58. The van der Waals surface area contributed by atoms with Crippen LogP contribution in [0.3, 0.4) is 0 Å². The third-order valence-electron chi connectivity index (χ3n) is 4.64. The van der Waals surface area contributed by atoms with E-state index in [4.69, 9.17) is 0 Å². The van der Waals surface area contributed by atoms with E-state index in [1.807, 2.05) is 0 Å². The van der Waals surface area contributed by atoms with E-state index in [1.54, 1.807) is 0 Å². The van der Waals surface area contributed by atoms with Crippen LogP contribution in [0.15, 0.2) is 54.9 Å². The average Bonchev–Trinajstić information content (AvgIpc) is 2.73. The van der Waals surface area contributed by atoms with Gasteiger partial charge in [0.15, 0.2) is 5.69 Å². The van der Waals surface area contributed by atoms with Gasteiger partial charge in [-0.3, -0.25) is 9.78 Å². The molecule has 2 N–H and O–H groups in total. The molecular weight excluding hydrogens is 449 g/mol. The van der Waals surface area contributed by atoms with E-state index in [1.165, 1.54) is 24.3 Å². The first-order chi connectivity index (χ1) is 15.6. The maximum Gasteiger partial charge on any atom is 0.435 e. The van der Waals surface area contributed by atoms with E-state index in [9.17, 15) is 36.6 Å². The Labute approximate surface area is 184 Å². The molecular formula is C22H16F5N3O3. The summed E-state index contributed by atoms with van der Waals surface area (Å²) in [5, 5.41) is 11.5. The van der Waals surface area contributed by atoms with Crippen molar-refractivity contribution in [1.29, 1.82) is 0 Å². The molecule has 0 spiro atoms. The fourth-order valence-electron chi connectivity index (χ4n) is 3.17. The zero-order chi connectivity index (χ0) is 24.2. The minimum absolute atomic E-state index is 0.221. The van der Waals surface area contributed by atoms with Crippen LogP contribution in [0, 0.1) is 11.6 Å². The van der Waals surface area contributed by atoms with E-state index < -0.39 is 47.0 Å². The molecule has 0 radical (unpaired) electrons. The first-order valence-electron chi connectivity index (χ1n) is 9.49. The SMILES string of the molecule is O=C(NC(Cc1cccc(Cc2nccnc2C(F)(F)F)c1)C(=O)O)c1c(F)cccc1F. The molecule has 2 aromatic carbocycles. The lowest BCUT2D eigenvalue weighted by Crippen LogP contribution is -2.43. The van der Waals surface area contributed by atoms with Crippen molar-refractivity contribution in [2.45, 2.75) is 25.1 Å². The second kappa shape index (κ2) is 9.72. The number of aliphatic carboxylic acids is 1. The monoisotopic (exact) mass is 465 g/mol. The number of hydrogen-bond acceptors (Lipinski definition) is 4. The van der Waals surface area contributed by atoms with Crippen molar-refractivity contribution in [1.82, 2.24) is 15.3 Å². The van der Waals surface area contributed by atoms with Crippen LogP contribution in [0.5, 0.6) is 0 Å². The number of rotatable bonds is 7. The van der Waals surface area contributed by atoms with E-state index in [0.29, 0.717) is 11.1 Å². The van der Waals surface area contributed by atoms with Gasteiger partial charge in [-0.2, -0.15) is 13.2 Å². The van der Waals surface area contributed by atoms with E-state index in [0.717, 1.165) is 30.6 Å². The van der Waals surface area contributed by atoms with E-state index in [2.05, 4.69) is 15.3 Å². The third-order valence-corrected chi connectivity index (χ3v) is 4.64. The Morgan fingerprint density at radius 1 is 0.970 bits per heavy atom. The van der Waals surface area contributed by atoms with Crippen LogP contribution in [0.1, 0.15) is 32.9 Å². The molecule has 0 aliphatic heterocycles. The number of hydrogen-bond donors (Lipinski definition) is 2. The standard InChI is InChI=1S/C22H16F5N3O3/c23-14-5-2-6-15(24)18(14)20(31)30-17(21(32)33)11-13-4-1-3-12(9-13)10-16-19(22(25,26)27)29-8-7-28-16/h1-9,17H,10-11H2,(H,30,31)(H,32,33).